The summed E-state index contributed by atoms with van der Waals surface area (Å²) in [4.78, 5) is 0. The quantitative estimate of drug-likeness (QED) is 0.565. The maximum Gasteiger partial charge on any atom is 0.172 e. The minimum absolute atomic E-state index is 0.204. The molecule has 156 valence electrons. The van der Waals surface area contributed by atoms with Crippen LogP contribution in [0.5, 0.6) is 0 Å². The summed E-state index contributed by atoms with van der Waals surface area (Å²) >= 11 is 0. The Morgan fingerprint density at radius 3 is 2.57 bits per heavy atom. The van der Waals surface area contributed by atoms with Gasteiger partial charge in [0.15, 0.2) is 18.9 Å². The number of nitrogens with zero attached hydrogens (tertiary/aromatic N) is 1. The minimum Gasteiger partial charge on any atom is -0.748 e. The fourth-order valence-electron chi connectivity index (χ4n) is 7.62. The molecule has 1 aromatic heterocycles. The predicted octanol–water partition coefficient (Wildman–Crippen LogP) is 3.97. The van der Waals surface area contributed by atoms with E-state index in [9.17, 15) is 13.0 Å². The molecule has 3 aliphatic rings. The van der Waals surface area contributed by atoms with Gasteiger partial charge in [0.2, 0.25) is 0 Å². The molecule has 1 heterocycles. The van der Waals surface area contributed by atoms with Gasteiger partial charge in [-0.3, -0.25) is 0 Å². The lowest BCUT2D eigenvalue weighted by Gasteiger charge is -2.64. The molecule has 5 heteroatoms. The summed E-state index contributed by atoms with van der Waals surface area (Å²) in [6, 6.07) is 2.22. The van der Waals surface area contributed by atoms with Crippen LogP contribution in [-0.2, 0) is 28.5 Å². The van der Waals surface area contributed by atoms with Crippen LogP contribution in [0.4, 0.5) is 0 Å². The van der Waals surface area contributed by atoms with Crippen LogP contribution < -0.4 is 4.57 Å². The summed E-state index contributed by atoms with van der Waals surface area (Å²) in [5.74, 6) is 1.18. The SMILES string of the molecule is CC1(C)CCC[C@]2(C)[C@H]3CCc4c[n+](CCS(=O)(=O)[O-])ccc4[C@]3(C)CC[C@@H]12. The van der Waals surface area contributed by atoms with Gasteiger partial charge >= 0.3 is 0 Å². The van der Waals surface area contributed by atoms with Gasteiger partial charge in [-0.25, -0.2) is 13.0 Å². The number of aromatic nitrogens is 1. The van der Waals surface area contributed by atoms with E-state index in [2.05, 4.69) is 40.0 Å². The van der Waals surface area contributed by atoms with Gasteiger partial charge in [0.25, 0.3) is 0 Å². The normalized spacial score (nSPS) is 36.9. The topological polar surface area (TPSA) is 61.1 Å². The Morgan fingerprint density at radius 1 is 1.11 bits per heavy atom. The standard InChI is InChI=1S/C23H35NO3S/c1-21(2)10-5-11-23(4)19(21)8-12-22(3)18-9-13-24(14-15-28(25,26)27)16-17(18)6-7-20(22)23/h9,13,16,19-20H,5-8,10-12,14-15H2,1-4H3/t19-,20-,22-,23-/m0/s1. The number of hydrogen-bond acceptors (Lipinski definition) is 3. The molecule has 28 heavy (non-hydrogen) atoms. The van der Waals surface area contributed by atoms with Crippen LogP contribution in [0, 0.1) is 22.7 Å². The first-order chi connectivity index (χ1) is 13.0. The Bertz CT molecular complexity index is 878. The second-order valence-electron chi connectivity index (χ2n) is 10.8. The average molecular weight is 406 g/mol. The highest BCUT2D eigenvalue weighted by Gasteiger charge is 2.59. The molecular formula is C23H35NO3S. The molecule has 0 unspecified atom stereocenters. The highest BCUT2D eigenvalue weighted by Crippen LogP contribution is 2.66. The lowest BCUT2D eigenvalue weighted by molar-refractivity contribution is -0.693. The van der Waals surface area contributed by atoms with Gasteiger partial charge < -0.3 is 4.55 Å². The highest BCUT2D eigenvalue weighted by atomic mass is 32.2. The van der Waals surface area contributed by atoms with Crippen LogP contribution >= 0.6 is 0 Å². The molecule has 0 spiro atoms. The van der Waals surface area contributed by atoms with Gasteiger partial charge in [-0.15, -0.1) is 0 Å². The number of rotatable bonds is 3. The Kier molecular flexibility index (Phi) is 4.74. The maximum atomic E-state index is 11.0. The molecule has 0 N–H and O–H groups in total. The summed E-state index contributed by atoms with van der Waals surface area (Å²) in [6.45, 7) is 10.3. The molecule has 0 amide bonds. The molecule has 3 aliphatic carbocycles. The van der Waals surface area contributed by atoms with E-state index in [0.717, 1.165) is 12.3 Å². The van der Waals surface area contributed by atoms with Crippen LogP contribution in [0.1, 0.15) is 77.3 Å². The van der Waals surface area contributed by atoms with Crippen molar-refractivity contribution in [3.8, 4) is 0 Å². The van der Waals surface area contributed by atoms with E-state index in [-0.39, 0.29) is 17.7 Å². The van der Waals surface area contributed by atoms with Crippen LogP contribution in [0.15, 0.2) is 18.5 Å². The van der Waals surface area contributed by atoms with Crippen molar-refractivity contribution in [3.63, 3.8) is 0 Å². The van der Waals surface area contributed by atoms with Crippen LogP contribution in [0.2, 0.25) is 0 Å². The van der Waals surface area contributed by atoms with E-state index in [0.29, 0.717) is 16.7 Å². The Hall–Kier alpha value is -0.940. The van der Waals surface area contributed by atoms with Crippen molar-refractivity contribution in [3.05, 3.63) is 29.6 Å². The monoisotopic (exact) mass is 405 g/mol. The predicted molar refractivity (Wildman–Crippen MR) is 109 cm³/mol. The molecule has 0 radical (unpaired) electrons. The number of hydrogen-bond donors (Lipinski definition) is 0. The highest BCUT2D eigenvalue weighted by molar-refractivity contribution is 7.85. The smallest absolute Gasteiger partial charge is 0.172 e. The van der Waals surface area contributed by atoms with Crippen molar-refractivity contribution in [1.82, 2.24) is 0 Å². The van der Waals surface area contributed by atoms with Crippen molar-refractivity contribution < 1.29 is 17.5 Å². The minimum atomic E-state index is -4.18. The average Bonchev–Trinajstić information content (AvgIpc) is 2.58. The van der Waals surface area contributed by atoms with E-state index in [1.54, 1.807) is 0 Å². The van der Waals surface area contributed by atoms with E-state index in [1.807, 2.05) is 10.8 Å². The third-order valence-electron chi connectivity index (χ3n) is 8.81. The molecule has 4 rings (SSSR count). The molecule has 2 fully saturated rings. The van der Waals surface area contributed by atoms with E-state index < -0.39 is 10.1 Å². The Balaban J connectivity index is 1.66. The molecule has 1 aromatic rings. The number of pyridine rings is 1. The zero-order valence-corrected chi connectivity index (χ0v) is 18.6. The third-order valence-corrected chi connectivity index (χ3v) is 9.49. The summed E-state index contributed by atoms with van der Waals surface area (Å²) in [5.41, 5.74) is 3.87. The zero-order valence-electron chi connectivity index (χ0n) is 17.8. The van der Waals surface area contributed by atoms with Crippen molar-refractivity contribution >= 4 is 10.1 Å². The molecule has 0 saturated heterocycles. The molecule has 0 bridgehead atoms. The second kappa shape index (κ2) is 6.53. The Morgan fingerprint density at radius 2 is 1.86 bits per heavy atom. The first kappa shape index (κ1) is 20.3. The molecule has 4 atom stereocenters. The van der Waals surface area contributed by atoms with Gasteiger partial charge in [0.1, 0.15) is 10.1 Å². The van der Waals surface area contributed by atoms with E-state index in [4.69, 9.17) is 0 Å². The van der Waals surface area contributed by atoms with Crippen molar-refractivity contribution in [2.45, 2.75) is 84.6 Å². The van der Waals surface area contributed by atoms with Gasteiger partial charge in [-0.1, -0.05) is 34.1 Å². The summed E-state index contributed by atoms with van der Waals surface area (Å²) in [7, 11) is -4.18. The lowest BCUT2D eigenvalue weighted by atomic mass is 9.41. The molecular weight excluding hydrogens is 370 g/mol. The molecule has 0 aliphatic heterocycles. The van der Waals surface area contributed by atoms with Crippen molar-refractivity contribution in [2.24, 2.45) is 22.7 Å². The zero-order chi connectivity index (χ0) is 20.4. The van der Waals surface area contributed by atoms with Gasteiger partial charge in [0, 0.05) is 11.6 Å². The molecule has 0 aromatic carbocycles. The Labute approximate surface area is 170 Å². The second-order valence-corrected chi connectivity index (χ2v) is 12.4. The summed E-state index contributed by atoms with van der Waals surface area (Å²) in [6.07, 6.45) is 13.0. The molecule has 4 nitrogen and oxygen atoms in total. The van der Waals surface area contributed by atoms with Crippen molar-refractivity contribution in [1.29, 1.82) is 0 Å². The van der Waals surface area contributed by atoms with Gasteiger partial charge in [-0.2, -0.15) is 0 Å². The number of fused-ring (bicyclic) bond motifs is 5. The summed E-state index contributed by atoms with van der Waals surface area (Å²) < 4.78 is 34.8. The third kappa shape index (κ3) is 3.23. The van der Waals surface area contributed by atoms with Crippen LogP contribution in [0.3, 0.4) is 0 Å². The van der Waals surface area contributed by atoms with Gasteiger partial charge in [-0.05, 0) is 72.2 Å². The fourth-order valence-corrected chi connectivity index (χ4v) is 8.06. The largest absolute Gasteiger partial charge is 0.748 e. The number of aryl methyl sites for hydroxylation is 2. The van der Waals surface area contributed by atoms with Crippen LogP contribution in [0.25, 0.3) is 0 Å². The first-order valence-electron chi connectivity index (χ1n) is 10.9. The summed E-state index contributed by atoms with van der Waals surface area (Å²) in [5, 5.41) is 0. The lowest BCUT2D eigenvalue weighted by Crippen LogP contribution is -2.58. The first-order valence-corrected chi connectivity index (χ1v) is 12.5. The van der Waals surface area contributed by atoms with Gasteiger partial charge in [0.05, 0.1) is 5.75 Å². The van der Waals surface area contributed by atoms with E-state index >= 15 is 0 Å². The fraction of sp³-hybridized carbons (Fsp3) is 0.783. The maximum absolute atomic E-state index is 11.0. The van der Waals surface area contributed by atoms with Crippen molar-refractivity contribution in [2.75, 3.05) is 5.75 Å². The van der Waals surface area contributed by atoms with Crippen LogP contribution in [-0.4, -0.2) is 18.7 Å². The molecule has 2 saturated carbocycles. The van der Waals surface area contributed by atoms with E-state index in [1.165, 1.54) is 49.7 Å².